The van der Waals surface area contributed by atoms with Gasteiger partial charge in [-0.2, -0.15) is 0 Å². The molecule has 0 amide bonds. The molecule has 1 aromatic heterocycles. The molecule has 0 spiro atoms. The van der Waals surface area contributed by atoms with Crippen LogP contribution in [0.4, 0.5) is 5.69 Å². The van der Waals surface area contributed by atoms with Gasteiger partial charge in [-0.05, 0) is 38.8 Å². The summed E-state index contributed by atoms with van der Waals surface area (Å²) in [6.45, 7) is 6.71. The van der Waals surface area contributed by atoms with Crippen LogP contribution >= 0.6 is 24.8 Å². The van der Waals surface area contributed by atoms with Gasteiger partial charge in [-0.15, -0.1) is 24.8 Å². The predicted molar refractivity (Wildman–Crippen MR) is 87.5 cm³/mol. The predicted octanol–water partition coefficient (Wildman–Crippen LogP) is 3.02. The van der Waals surface area contributed by atoms with Gasteiger partial charge in [-0.1, -0.05) is 0 Å². The highest BCUT2D eigenvalue weighted by Crippen LogP contribution is 2.19. The zero-order valence-electron chi connectivity index (χ0n) is 11.9. The highest BCUT2D eigenvalue weighted by atomic mass is 35.5. The van der Waals surface area contributed by atoms with Crippen molar-refractivity contribution in [2.45, 2.75) is 38.8 Å². The number of carbonyl (C=O) groups is 1. The van der Waals surface area contributed by atoms with Crippen molar-refractivity contribution in [1.82, 2.24) is 9.88 Å². The van der Waals surface area contributed by atoms with Crippen molar-refractivity contribution in [2.24, 2.45) is 0 Å². The second kappa shape index (κ2) is 9.16. The van der Waals surface area contributed by atoms with Gasteiger partial charge in [0.2, 0.25) is 0 Å². The highest BCUT2D eigenvalue weighted by Gasteiger charge is 2.21. The second-order valence-electron chi connectivity index (χ2n) is 5.10. The van der Waals surface area contributed by atoms with Crippen molar-refractivity contribution >= 4 is 36.8 Å². The Bertz CT molecular complexity index is 407. The van der Waals surface area contributed by atoms with Crippen LogP contribution in [0.5, 0.6) is 0 Å². The van der Waals surface area contributed by atoms with E-state index in [0.29, 0.717) is 17.8 Å². The Morgan fingerprint density at radius 1 is 1.35 bits per heavy atom. The quantitative estimate of drug-likeness (QED) is 0.866. The van der Waals surface area contributed by atoms with E-state index in [-0.39, 0.29) is 24.8 Å². The number of anilines is 1. The molecule has 1 fully saturated rings. The van der Waals surface area contributed by atoms with Crippen LogP contribution in [-0.4, -0.2) is 41.3 Å². The molecule has 4 nitrogen and oxygen atoms in total. The molecule has 20 heavy (non-hydrogen) atoms. The summed E-state index contributed by atoms with van der Waals surface area (Å²) in [5.74, 6) is 0. The van der Waals surface area contributed by atoms with Gasteiger partial charge in [0.1, 0.15) is 5.69 Å². The standard InChI is InChI=1S/C14H21N3O.2ClH/c1-11(2)17-8-5-12(6-9-17)16-13-4-3-7-15-14(13)10-18;;/h3-4,7,10-12,16H,5-6,8-9H2,1-2H3;2*1H. The van der Waals surface area contributed by atoms with Crippen LogP contribution < -0.4 is 5.32 Å². The van der Waals surface area contributed by atoms with Crippen LogP contribution in [0.1, 0.15) is 37.2 Å². The maximum atomic E-state index is 10.9. The van der Waals surface area contributed by atoms with E-state index in [1.807, 2.05) is 12.1 Å². The van der Waals surface area contributed by atoms with Crippen LogP contribution in [0, 0.1) is 0 Å². The van der Waals surface area contributed by atoms with Crippen molar-refractivity contribution < 1.29 is 4.79 Å². The van der Waals surface area contributed by atoms with Crippen LogP contribution in [0.15, 0.2) is 18.3 Å². The molecule has 0 atom stereocenters. The van der Waals surface area contributed by atoms with Crippen LogP contribution in [0.3, 0.4) is 0 Å². The van der Waals surface area contributed by atoms with Gasteiger partial charge in [0.25, 0.3) is 0 Å². The number of piperidine rings is 1. The Morgan fingerprint density at radius 2 is 2.00 bits per heavy atom. The molecule has 0 aliphatic carbocycles. The minimum Gasteiger partial charge on any atom is -0.380 e. The van der Waals surface area contributed by atoms with Crippen molar-refractivity contribution in [3.05, 3.63) is 24.0 Å². The topological polar surface area (TPSA) is 45.2 Å². The van der Waals surface area contributed by atoms with Crippen molar-refractivity contribution in [2.75, 3.05) is 18.4 Å². The fourth-order valence-corrected chi connectivity index (χ4v) is 2.41. The molecule has 1 aliphatic rings. The highest BCUT2D eigenvalue weighted by molar-refractivity contribution is 5.85. The maximum Gasteiger partial charge on any atom is 0.170 e. The van der Waals surface area contributed by atoms with Gasteiger partial charge in [0, 0.05) is 31.4 Å². The molecule has 1 aliphatic heterocycles. The minimum atomic E-state index is 0. The zero-order valence-corrected chi connectivity index (χ0v) is 13.5. The van der Waals surface area contributed by atoms with Gasteiger partial charge in [0.15, 0.2) is 6.29 Å². The lowest BCUT2D eigenvalue weighted by Gasteiger charge is -2.35. The third-order valence-electron chi connectivity index (χ3n) is 3.57. The van der Waals surface area contributed by atoms with Crippen molar-refractivity contribution in [3.63, 3.8) is 0 Å². The van der Waals surface area contributed by atoms with Crippen molar-refractivity contribution in [3.8, 4) is 0 Å². The Hall–Kier alpha value is -0.840. The Labute approximate surface area is 133 Å². The molecule has 1 aromatic rings. The lowest BCUT2D eigenvalue weighted by Crippen LogP contribution is -2.42. The molecule has 6 heteroatoms. The first kappa shape index (κ1) is 19.2. The van der Waals surface area contributed by atoms with Gasteiger partial charge >= 0.3 is 0 Å². The first-order valence-corrected chi connectivity index (χ1v) is 6.61. The number of carbonyl (C=O) groups excluding carboxylic acids is 1. The van der Waals surface area contributed by atoms with E-state index in [1.165, 1.54) is 0 Å². The number of nitrogens with one attached hydrogen (secondary N) is 1. The Balaban J connectivity index is 0.00000180. The number of likely N-dealkylation sites (tertiary alicyclic amines) is 1. The number of pyridine rings is 1. The van der Waals surface area contributed by atoms with E-state index < -0.39 is 0 Å². The van der Waals surface area contributed by atoms with Crippen LogP contribution in [0.25, 0.3) is 0 Å². The summed E-state index contributed by atoms with van der Waals surface area (Å²) in [5.41, 5.74) is 1.36. The molecular formula is C14H23Cl2N3O. The summed E-state index contributed by atoms with van der Waals surface area (Å²) < 4.78 is 0. The van der Waals surface area contributed by atoms with E-state index in [1.54, 1.807) is 6.20 Å². The third kappa shape index (κ3) is 4.93. The monoisotopic (exact) mass is 319 g/mol. The number of aldehydes is 1. The SMILES string of the molecule is CC(C)N1CCC(Nc2cccnc2C=O)CC1.Cl.Cl. The summed E-state index contributed by atoms with van der Waals surface area (Å²) in [5, 5.41) is 3.44. The lowest BCUT2D eigenvalue weighted by molar-refractivity contribution is 0.111. The molecule has 0 saturated carbocycles. The fraction of sp³-hybridized carbons (Fsp3) is 0.571. The zero-order chi connectivity index (χ0) is 13.0. The van der Waals surface area contributed by atoms with Crippen LogP contribution in [-0.2, 0) is 0 Å². The first-order chi connectivity index (χ1) is 8.70. The molecule has 1 N–H and O–H groups in total. The number of hydrogen-bond donors (Lipinski definition) is 1. The van der Waals surface area contributed by atoms with E-state index >= 15 is 0 Å². The number of halogens is 2. The van der Waals surface area contributed by atoms with Crippen molar-refractivity contribution in [1.29, 1.82) is 0 Å². The Morgan fingerprint density at radius 3 is 2.55 bits per heavy atom. The van der Waals surface area contributed by atoms with Gasteiger partial charge in [-0.3, -0.25) is 9.78 Å². The summed E-state index contributed by atoms with van der Waals surface area (Å²) >= 11 is 0. The molecule has 1 saturated heterocycles. The molecule has 0 radical (unpaired) electrons. The number of hydrogen-bond acceptors (Lipinski definition) is 4. The third-order valence-corrected chi connectivity index (χ3v) is 3.57. The molecule has 2 heterocycles. The van der Waals surface area contributed by atoms with Gasteiger partial charge in [0.05, 0.1) is 5.69 Å². The minimum absolute atomic E-state index is 0. The van der Waals surface area contributed by atoms with E-state index in [0.717, 1.165) is 37.9 Å². The summed E-state index contributed by atoms with van der Waals surface area (Å²) in [6.07, 6.45) is 4.69. The average Bonchev–Trinajstić information content (AvgIpc) is 2.40. The number of aromatic nitrogens is 1. The summed E-state index contributed by atoms with van der Waals surface area (Å²) in [6, 6.07) is 4.85. The normalized spacial score (nSPS) is 16.1. The smallest absolute Gasteiger partial charge is 0.170 e. The summed E-state index contributed by atoms with van der Waals surface area (Å²) in [7, 11) is 0. The molecule has 0 bridgehead atoms. The second-order valence-corrected chi connectivity index (χ2v) is 5.10. The lowest BCUT2D eigenvalue weighted by atomic mass is 10.0. The average molecular weight is 320 g/mol. The molecule has 0 unspecified atom stereocenters. The molecule has 114 valence electrons. The maximum absolute atomic E-state index is 10.9. The number of nitrogens with zero attached hydrogens (tertiary/aromatic N) is 2. The molecule has 0 aromatic carbocycles. The van der Waals surface area contributed by atoms with E-state index in [4.69, 9.17) is 0 Å². The van der Waals surface area contributed by atoms with E-state index in [2.05, 4.69) is 29.0 Å². The molecule has 2 rings (SSSR count). The molecular weight excluding hydrogens is 297 g/mol. The largest absolute Gasteiger partial charge is 0.380 e. The van der Waals surface area contributed by atoms with Crippen LogP contribution in [0.2, 0.25) is 0 Å². The number of rotatable bonds is 4. The van der Waals surface area contributed by atoms with Gasteiger partial charge in [-0.25, -0.2) is 0 Å². The first-order valence-electron chi connectivity index (χ1n) is 6.61. The van der Waals surface area contributed by atoms with Gasteiger partial charge < -0.3 is 10.2 Å². The fourth-order valence-electron chi connectivity index (χ4n) is 2.41. The van der Waals surface area contributed by atoms with E-state index in [9.17, 15) is 4.79 Å². The Kier molecular flexibility index (Phi) is 8.78. The summed E-state index contributed by atoms with van der Waals surface area (Å²) in [4.78, 5) is 17.5.